The van der Waals surface area contributed by atoms with Crippen molar-refractivity contribution in [3.63, 3.8) is 0 Å². The Bertz CT molecular complexity index is 335. The normalized spacial score (nSPS) is 21.9. The minimum absolute atomic E-state index is 0.751. The topological polar surface area (TPSA) is 28.4 Å². The molecule has 1 fully saturated rings. The molecular weight excluding hydrogens is 212 g/mol. The predicted octanol–water partition coefficient (Wildman–Crippen LogP) is 2.76. The van der Waals surface area contributed by atoms with Crippen LogP contribution in [0.2, 0.25) is 0 Å². The van der Waals surface area contributed by atoms with E-state index < -0.39 is 0 Å². The molecule has 1 aromatic rings. The number of piperidine rings is 1. The molecule has 3 nitrogen and oxygen atoms in total. The highest BCUT2D eigenvalue weighted by Gasteiger charge is 2.21. The fourth-order valence-corrected chi connectivity index (χ4v) is 2.71. The average molecular weight is 236 g/mol. The minimum atomic E-state index is 0.751. The van der Waals surface area contributed by atoms with Crippen molar-refractivity contribution in [1.82, 2.24) is 10.2 Å². The van der Waals surface area contributed by atoms with E-state index in [1.54, 1.807) is 0 Å². The molecule has 0 bridgehead atoms. The third-order valence-electron chi connectivity index (χ3n) is 3.65. The smallest absolute Gasteiger partial charge is 0.118 e. The van der Waals surface area contributed by atoms with Crippen LogP contribution in [0, 0.1) is 0 Å². The van der Waals surface area contributed by atoms with E-state index in [0.29, 0.717) is 0 Å². The highest BCUT2D eigenvalue weighted by atomic mass is 16.3. The van der Waals surface area contributed by atoms with Crippen LogP contribution in [0.4, 0.5) is 0 Å². The molecule has 0 aliphatic carbocycles. The first-order valence-electron chi connectivity index (χ1n) is 6.79. The lowest BCUT2D eigenvalue weighted by molar-refractivity contribution is 0.126. The van der Waals surface area contributed by atoms with E-state index >= 15 is 0 Å². The fraction of sp³-hybridized carbons (Fsp3) is 0.714. The standard InChI is InChI=1S/C14H24N2O/c1-3-12-6-4-5-9-16(12)11-14-8-7-13(17-14)10-15-2/h7-8,12,15H,3-6,9-11H2,1-2H3. The van der Waals surface area contributed by atoms with Crippen LogP contribution in [0.3, 0.4) is 0 Å². The summed E-state index contributed by atoms with van der Waals surface area (Å²) in [7, 11) is 1.94. The molecule has 3 heteroatoms. The summed E-state index contributed by atoms with van der Waals surface area (Å²) < 4.78 is 5.82. The molecule has 17 heavy (non-hydrogen) atoms. The molecule has 1 atom stereocenters. The summed E-state index contributed by atoms with van der Waals surface area (Å²) in [5.41, 5.74) is 0. The zero-order chi connectivity index (χ0) is 12.1. The molecule has 0 saturated carbocycles. The van der Waals surface area contributed by atoms with Gasteiger partial charge in [0.1, 0.15) is 11.5 Å². The number of furan rings is 1. The summed E-state index contributed by atoms with van der Waals surface area (Å²) in [6, 6.07) is 4.95. The Morgan fingerprint density at radius 3 is 2.94 bits per heavy atom. The van der Waals surface area contributed by atoms with Gasteiger partial charge >= 0.3 is 0 Å². The molecule has 1 saturated heterocycles. The predicted molar refractivity (Wildman–Crippen MR) is 69.8 cm³/mol. The van der Waals surface area contributed by atoms with E-state index in [0.717, 1.165) is 30.7 Å². The van der Waals surface area contributed by atoms with Crippen LogP contribution < -0.4 is 5.32 Å². The van der Waals surface area contributed by atoms with E-state index in [4.69, 9.17) is 4.42 Å². The number of rotatable bonds is 5. The summed E-state index contributed by atoms with van der Waals surface area (Å²) in [6.07, 6.45) is 5.32. The van der Waals surface area contributed by atoms with Gasteiger partial charge in [-0.2, -0.15) is 0 Å². The molecule has 1 aliphatic rings. The van der Waals surface area contributed by atoms with Crippen molar-refractivity contribution < 1.29 is 4.42 Å². The lowest BCUT2D eigenvalue weighted by Crippen LogP contribution is -2.38. The van der Waals surface area contributed by atoms with Crippen molar-refractivity contribution in [3.8, 4) is 0 Å². The highest BCUT2D eigenvalue weighted by Crippen LogP contribution is 2.22. The Balaban J connectivity index is 1.93. The van der Waals surface area contributed by atoms with Crippen molar-refractivity contribution in [2.45, 2.75) is 51.7 Å². The van der Waals surface area contributed by atoms with E-state index in [1.165, 1.54) is 32.2 Å². The third-order valence-corrected chi connectivity index (χ3v) is 3.65. The number of nitrogens with one attached hydrogen (secondary N) is 1. The van der Waals surface area contributed by atoms with Crippen molar-refractivity contribution >= 4 is 0 Å². The summed E-state index contributed by atoms with van der Waals surface area (Å²) in [5, 5.41) is 3.11. The zero-order valence-electron chi connectivity index (χ0n) is 11.0. The van der Waals surface area contributed by atoms with Crippen LogP contribution in [-0.4, -0.2) is 24.5 Å². The molecule has 1 aliphatic heterocycles. The van der Waals surface area contributed by atoms with Crippen molar-refractivity contribution in [3.05, 3.63) is 23.7 Å². The fourth-order valence-electron chi connectivity index (χ4n) is 2.71. The van der Waals surface area contributed by atoms with Crippen LogP contribution in [-0.2, 0) is 13.1 Å². The summed E-state index contributed by atoms with van der Waals surface area (Å²) >= 11 is 0. The molecule has 0 radical (unpaired) electrons. The Kier molecular flexibility index (Phi) is 4.63. The van der Waals surface area contributed by atoms with Gasteiger partial charge in [-0.05, 0) is 45.0 Å². The summed E-state index contributed by atoms with van der Waals surface area (Å²) in [6.45, 7) is 5.30. The second-order valence-electron chi connectivity index (χ2n) is 4.93. The molecule has 2 rings (SSSR count). The Labute approximate surface area is 104 Å². The molecule has 0 spiro atoms. The van der Waals surface area contributed by atoms with Crippen LogP contribution in [0.15, 0.2) is 16.5 Å². The first-order chi connectivity index (χ1) is 8.33. The first kappa shape index (κ1) is 12.7. The van der Waals surface area contributed by atoms with Crippen molar-refractivity contribution in [2.24, 2.45) is 0 Å². The number of nitrogens with zero attached hydrogens (tertiary/aromatic N) is 1. The molecule has 1 N–H and O–H groups in total. The first-order valence-corrected chi connectivity index (χ1v) is 6.79. The lowest BCUT2D eigenvalue weighted by Gasteiger charge is -2.34. The van der Waals surface area contributed by atoms with E-state index in [-0.39, 0.29) is 0 Å². The molecule has 0 aromatic carbocycles. The van der Waals surface area contributed by atoms with E-state index in [1.807, 2.05) is 7.05 Å². The molecular formula is C14H24N2O. The summed E-state index contributed by atoms with van der Waals surface area (Å²) in [4.78, 5) is 2.57. The monoisotopic (exact) mass is 236 g/mol. The van der Waals surface area contributed by atoms with Gasteiger partial charge in [-0.25, -0.2) is 0 Å². The van der Waals surface area contributed by atoms with Crippen molar-refractivity contribution in [2.75, 3.05) is 13.6 Å². The Morgan fingerprint density at radius 2 is 2.18 bits per heavy atom. The van der Waals surface area contributed by atoms with E-state index in [9.17, 15) is 0 Å². The minimum Gasteiger partial charge on any atom is -0.463 e. The molecule has 0 amide bonds. The number of likely N-dealkylation sites (tertiary alicyclic amines) is 1. The van der Waals surface area contributed by atoms with Gasteiger partial charge in [-0.3, -0.25) is 4.90 Å². The van der Waals surface area contributed by atoms with Gasteiger partial charge in [-0.1, -0.05) is 13.3 Å². The highest BCUT2D eigenvalue weighted by molar-refractivity contribution is 5.07. The van der Waals surface area contributed by atoms with E-state index in [2.05, 4.69) is 29.3 Å². The largest absolute Gasteiger partial charge is 0.463 e. The SMILES string of the molecule is CCC1CCCCN1Cc1ccc(CNC)o1. The average Bonchev–Trinajstić information content (AvgIpc) is 2.78. The van der Waals surface area contributed by atoms with Crippen LogP contribution >= 0.6 is 0 Å². The van der Waals surface area contributed by atoms with Gasteiger partial charge in [0.05, 0.1) is 13.1 Å². The third kappa shape index (κ3) is 3.33. The maximum atomic E-state index is 5.82. The van der Waals surface area contributed by atoms with Crippen LogP contribution in [0.5, 0.6) is 0 Å². The second-order valence-corrected chi connectivity index (χ2v) is 4.93. The quantitative estimate of drug-likeness (QED) is 0.852. The second kappa shape index (κ2) is 6.22. The number of hydrogen-bond acceptors (Lipinski definition) is 3. The van der Waals surface area contributed by atoms with Gasteiger partial charge in [0.2, 0.25) is 0 Å². The Hall–Kier alpha value is -0.800. The van der Waals surface area contributed by atoms with Crippen LogP contribution in [0.25, 0.3) is 0 Å². The molecule has 2 heterocycles. The maximum Gasteiger partial charge on any atom is 0.118 e. The lowest BCUT2D eigenvalue weighted by atomic mass is 10.00. The van der Waals surface area contributed by atoms with Gasteiger partial charge in [0, 0.05) is 6.04 Å². The van der Waals surface area contributed by atoms with Gasteiger partial charge < -0.3 is 9.73 Å². The molecule has 1 unspecified atom stereocenters. The molecule has 1 aromatic heterocycles. The zero-order valence-corrected chi connectivity index (χ0v) is 11.0. The van der Waals surface area contributed by atoms with Gasteiger partial charge in [0.25, 0.3) is 0 Å². The summed E-state index contributed by atoms with van der Waals surface area (Å²) in [5.74, 6) is 2.14. The van der Waals surface area contributed by atoms with Gasteiger partial charge in [-0.15, -0.1) is 0 Å². The van der Waals surface area contributed by atoms with Gasteiger partial charge in [0.15, 0.2) is 0 Å². The number of hydrogen-bond donors (Lipinski definition) is 1. The Morgan fingerprint density at radius 1 is 1.35 bits per heavy atom. The van der Waals surface area contributed by atoms with Crippen LogP contribution in [0.1, 0.15) is 44.1 Å². The van der Waals surface area contributed by atoms with Crippen molar-refractivity contribution in [1.29, 1.82) is 0 Å². The molecule has 96 valence electrons. The maximum absolute atomic E-state index is 5.82.